The molecule has 0 amide bonds. The van der Waals surface area contributed by atoms with Crippen LogP contribution in [0.3, 0.4) is 0 Å². The Morgan fingerprint density at radius 1 is 1.64 bits per heavy atom. The van der Waals surface area contributed by atoms with Gasteiger partial charge in [-0.1, -0.05) is 0 Å². The average Bonchev–Trinajstić information content (AvgIpc) is 2.20. The van der Waals surface area contributed by atoms with Gasteiger partial charge in [0.15, 0.2) is 0 Å². The third-order valence-electron chi connectivity index (χ3n) is 1.93. The average molecular weight is 216 g/mol. The molecule has 5 nitrogen and oxygen atoms in total. The van der Waals surface area contributed by atoms with Gasteiger partial charge < -0.3 is 20.5 Å². The number of pyridine rings is 1. The lowest BCUT2D eigenvalue weighted by molar-refractivity contribution is 0.279. The van der Waals surface area contributed by atoms with E-state index in [2.05, 4.69) is 4.98 Å². The van der Waals surface area contributed by atoms with Crippen molar-refractivity contribution in [3.8, 4) is 5.75 Å². The standard InChI is InChI=1S/C8H12N2O3S/c1-4-7(12)6(8(9)14-13)5(3-11)2-10-4/h2,8,11-13H,3,9H2,1H3. The molecule has 1 atom stereocenters. The van der Waals surface area contributed by atoms with Crippen LogP contribution in [0.5, 0.6) is 5.75 Å². The van der Waals surface area contributed by atoms with Crippen LogP contribution < -0.4 is 5.73 Å². The third kappa shape index (κ3) is 1.98. The van der Waals surface area contributed by atoms with Gasteiger partial charge >= 0.3 is 0 Å². The van der Waals surface area contributed by atoms with Crippen LogP contribution in [0.1, 0.15) is 22.2 Å². The maximum Gasteiger partial charge on any atom is 0.142 e. The summed E-state index contributed by atoms with van der Waals surface area (Å²) < 4.78 is 8.80. The highest BCUT2D eigenvalue weighted by Gasteiger charge is 2.17. The van der Waals surface area contributed by atoms with Crippen molar-refractivity contribution in [3.63, 3.8) is 0 Å². The van der Waals surface area contributed by atoms with Crippen molar-refractivity contribution in [2.45, 2.75) is 18.9 Å². The molecule has 0 bridgehead atoms. The zero-order valence-corrected chi connectivity index (χ0v) is 8.45. The lowest BCUT2D eigenvalue weighted by Gasteiger charge is -2.14. The molecule has 1 aromatic heterocycles. The molecule has 0 fully saturated rings. The molecule has 0 aromatic carbocycles. The summed E-state index contributed by atoms with van der Waals surface area (Å²) in [5.74, 6) is -0.0781. The van der Waals surface area contributed by atoms with Crippen molar-refractivity contribution in [2.24, 2.45) is 5.73 Å². The SMILES string of the molecule is Cc1ncc(CO)c(C(N)SO)c1O. The van der Waals surface area contributed by atoms with Gasteiger partial charge in [-0.15, -0.1) is 0 Å². The fraction of sp³-hybridized carbons (Fsp3) is 0.375. The first-order valence-corrected chi connectivity index (χ1v) is 4.79. The zero-order valence-electron chi connectivity index (χ0n) is 7.64. The Morgan fingerprint density at radius 3 is 2.79 bits per heavy atom. The predicted molar refractivity (Wildman–Crippen MR) is 53.7 cm³/mol. The van der Waals surface area contributed by atoms with Crippen molar-refractivity contribution in [1.82, 2.24) is 4.98 Å². The van der Waals surface area contributed by atoms with Gasteiger partial charge in [0.05, 0.1) is 12.3 Å². The Morgan fingerprint density at radius 2 is 2.29 bits per heavy atom. The lowest BCUT2D eigenvalue weighted by Crippen LogP contribution is -2.10. The Kier molecular flexibility index (Phi) is 3.70. The van der Waals surface area contributed by atoms with Gasteiger partial charge in [0.2, 0.25) is 0 Å². The van der Waals surface area contributed by atoms with Gasteiger partial charge in [-0.05, 0) is 6.92 Å². The molecule has 0 radical (unpaired) electrons. The minimum Gasteiger partial charge on any atom is -0.506 e. The van der Waals surface area contributed by atoms with Gasteiger partial charge in [-0.25, -0.2) is 0 Å². The summed E-state index contributed by atoms with van der Waals surface area (Å²) in [6, 6.07) is 0. The van der Waals surface area contributed by atoms with Crippen LogP contribution in [0, 0.1) is 6.92 Å². The second-order valence-corrected chi connectivity index (χ2v) is 3.53. The largest absolute Gasteiger partial charge is 0.506 e. The highest BCUT2D eigenvalue weighted by atomic mass is 32.2. The highest BCUT2D eigenvalue weighted by molar-refractivity contribution is 7.93. The number of aliphatic hydroxyl groups excluding tert-OH is 1. The summed E-state index contributed by atoms with van der Waals surface area (Å²) in [7, 11) is 0. The first-order valence-electron chi connectivity index (χ1n) is 3.95. The summed E-state index contributed by atoms with van der Waals surface area (Å²) in [5, 5.41) is 17.8. The number of aromatic nitrogens is 1. The number of rotatable bonds is 3. The van der Waals surface area contributed by atoms with Crippen LogP contribution >= 0.6 is 12.0 Å². The topological polar surface area (TPSA) is 99.6 Å². The van der Waals surface area contributed by atoms with Gasteiger partial charge in [0.1, 0.15) is 11.1 Å². The summed E-state index contributed by atoms with van der Waals surface area (Å²) in [4.78, 5) is 3.87. The van der Waals surface area contributed by atoms with Crippen molar-refractivity contribution in [1.29, 1.82) is 0 Å². The fourth-order valence-electron chi connectivity index (χ4n) is 1.15. The number of nitrogens with two attached hydrogens (primary N) is 1. The molecule has 5 N–H and O–H groups in total. The Hall–Kier alpha value is -0.820. The van der Waals surface area contributed by atoms with Crippen LogP contribution in [0.2, 0.25) is 0 Å². The molecule has 1 aromatic rings. The minimum atomic E-state index is -0.779. The number of hydrogen-bond donors (Lipinski definition) is 4. The van der Waals surface area contributed by atoms with E-state index in [1.54, 1.807) is 6.92 Å². The lowest BCUT2D eigenvalue weighted by atomic mass is 10.1. The zero-order chi connectivity index (χ0) is 10.7. The first-order chi connectivity index (χ1) is 6.61. The van der Waals surface area contributed by atoms with Crippen LogP contribution in [-0.4, -0.2) is 19.7 Å². The van der Waals surface area contributed by atoms with E-state index in [-0.39, 0.29) is 12.4 Å². The van der Waals surface area contributed by atoms with Crippen molar-refractivity contribution < 1.29 is 14.8 Å². The van der Waals surface area contributed by atoms with Gasteiger partial charge in [-0.2, -0.15) is 0 Å². The molecule has 1 unspecified atom stereocenters. The van der Waals surface area contributed by atoms with Crippen LogP contribution in [0.4, 0.5) is 0 Å². The number of aryl methyl sites for hydroxylation is 1. The molecule has 0 spiro atoms. The number of aromatic hydroxyl groups is 1. The number of nitrogens with zero attached hydrogens (tertiary/aromatic N) is 1. The molecule has 0 aliphatic heterocycles. The fourth-order valence-corrected chi connectivity index (χ4v) is 1.52. The summed E-state index contributed by atoms with van der Waals surface area (Å²) in [6.45, 7) is 1.35. The van der Waals surface area contributed by atoms with Gasteiger partial charge in [-0.3, -0.25) is 4.98 Å². The second kappa shape index (κ2) is 4.61. The van der Waals surface area contributed by atoms with E-state index in [0.717, 1.165) is 0 Å². The van der Waals surface area contributed by atoms with Gasteiger partial charge in [0.25, 0.3) is 0 Å². The van der Waals surface area contributed by atoms with Crippen LogP contribution in [-0.2, 0) is 6.61 Å². The summed E-state index contributed by atoms with van der Waals surface area (Å²) in [5.41, 5.74) is 6.72. The van der Waals surface area contributed by atoms with Crippen molar-refractivity contribution >= 4 is 12.0 Å². The van der Waals surface area contributed by atoms with E-state index in [1.807, 2.05) is 0 Å². The Bertz CT molecular complexity index is 333. The van der Waals surface area contributed by atoms with Crippen molar-refractivity contribution in [2.75, 3.05) is 0 Å². The molecule has 6 heteroatoms. The van der Waals surface area contributed by atoms with E-state index < -0.39 is 5.37 Å². The third-order valence-corrected chi connectivity index (χ3v) is 2.39. The maximum atomic E-state index is 9.63. The Labute approximate surface area is 85.8 Å². The van der Waals surface area contributed by atoms with Crippen molar-refractivity contribution in [3.05, 3.63) is 23.0 Å². The number of aliphatic hydroxyl groups is 1. The molecule has 0 saturated heterocycles. The maximum absolute atomic E-state index is 9.63. The monoisotopic (exact) mass is 216 g/mol. The molecule has 78 valence electrons. The van der Waals surface area contributed by atoms with E-state index in [0.29, 0.717) is 28.9 Å². The molecule has 0 aliphatic rings. The quantitative estimate of drug-likeness (QED) is 0.439. The Balaban J connectivity index is 3.27. The van der Waals surface area contributed by atoms with E-state index in [1.165, 1.54) is 6.20 Å². The summed E-state index contributed by atoms with van der Waals surface area (Å²) >= 11 is 0.409. The van der Waals surface area contributed by atoms with E-state index in [9.17, 15) is 5.11 Å². The molecule has 14 heavy (non-hydrogen) atoms. The molecule has 0 saturated carbocycles. The first kappa shape index (κ1) is 11.3. The van der Waals surface area contributed by atoms with E-state index in [4.69, 9.17) is 15.4 Å². The minimum absolute atomic E-state index is 0.0781. The predicted octanol–water partition coefficient (Wildman–Crippen LogP) is 0.751. The van der Waals surface area contributed by atoms with E-state index >= 15 is 0 Å². The number of hydrogen-bond acceptors (Lipinski definition) is 6. The molecule has 1 rings (SSSR count). The molecule has 1 heterocycles. The van der Waals surface area contributed by atoms with Gasteiger partial charge in [0, 0.05) is 29.4 Å². The summed E-state index contributed by atoms with van der Waals surface area (Å²) in [6.07, 6.45) is 1.43. The molecular formula is C8H12N2O3S. The highest BCUT2D eigenvalue weighted by Crippen LogP contribution is 2.33. The molecule has 0 aliphatic carbocycles. The van der Waals surface area contributed by atoms with Crippen LogP contribution in [0.25, 0.3) is 0 Å². The van der Waals surface area contributed by atoms with Crippen LogP contribution in [0.15, 0.2) is 6.20 Å². The second-order valence-electron chi connectivity index (χ2n) is 2.82. The molecular weight excluding hydrogens is 204 g/mol. The smallest absolute Gasteiger partial charge is 0.142 e. The normalized spacial score (nSPS) is 12.9.